The van der Waals surface area contributed by atoms with Crippen LogP contribution in [0.3, 0.4) is 0 Å². The fourth-order valence-electron chi connectivity index (χ4n) is 0.846. The molecule has 2 aromatic rings. The Kier molecular flexibility index (Phi) is 3.84. The van der Waals surface area contributed by atoms with Crippen molar-refractivity contribution in [3.63, 3.8) is 0 Å². The summed E-state index contributed by atoms with van der Waals surface area (Å²) < 4.78 is 0. The number of hydrogen-bond donors (Lipinski definition) is 2. The van der Waals surface area contributed by atoms with Gasteiger partial charge in [-0.25, -0.2) is 0 Å². The Morgan fingerprint density at radius 1 is 1.33 bits per heavy atom. The van der Waals surface area contributed by atoms with Crippen molar-refractivity contribution in [3.8, 4) is 0 Å². The van der Waals surface area contributed by atoms with Crippen LogP contribution in [0.5, 0.6) is 0 Å². The number of aromatic amines is 1. The van der Waals surface area contributed by atoms with E-state index in [1.165, 1.54) is 12.3 Å². The molecule has 0 atom stereocenters. The largest absolute Gasteiger partial charge is 0.380 e. The highest BCUT2D eigenvalue weighted by Gasteiger charge is 2.09. The summed E-state index contributed by atoms with van der Waals surface area (Å²) in [6.07, 6.45) is 4.92. The average Bonchev–Trinajstić information content (AvgIpc) is 2.68. The van der Waals surface area contributed by atoms with Gasteiger partial charge < -0.3 is 10.7 Å². The van der Waals surface area contributed by atoms with Gasteiger partial charge in [0.15, 0.2) is 5.82 Å². The first-order valence-corrected chi connectivity index (χ1v) is 4.14. The quantitative estimate of drug-likeness (QED) is 0.546. The molecule has 0 fully saturated rings. The van der Waals surface area contributed by atoms with Gasteiger partial charge in [0.25, 0.3) is 0 Å². The van der Waals surface area contributed by atoms with Crippen molar-refractivity contribution in [3.05, 3.63) is 53.0 Å². The van der Waals surface area contributed by atoms with Gasteiger partial charge in [-0.15, -0.1) is 0 Å². The van der Waals surface area contributed by atoms with Crippen LogP contribution >= 0.6 is 0 Å². The smallest absolute Gasteiger partial charge is 0.310 e. The number of aromatic nitrogens is 2. The Morgan fingerprint density at radius 2 is 2.00 bits per heavy atom. The van der Waals surface area contributed by atoms with Gasteiger partial charge in [-0.3, -0.25) is 15.1 Å². The Bertz CT molecular complexity index is 386. The molecule has 0 aliphatic carbocycles. The van der Waals surface area contributed by atoms with E-state index < -0.39 is 4.92 Å². The molecule has 15 heavy (non-hydrogen) atoms. The summed E-state index contributed by atoms with van der Waals surface area (Å²) in [7, 11) is 0. The topological polar surface area (TPSA) is 97.8 Å². The van der Waals surface area contributed by atoms with Crippen LogP contribution in [0.4, 0.5) is 11.5 Å². The number of H-pyrrole nitrogens is 1. The summed E-state index contributed by atoms with van der Waals surface area (Å²) in [4.78, 5) is 15.7. The van der Waals surface area contributed by atoms with Gasteiger partial charge in [0, 0.05) is 24.7 Å². The second-order valence-corrected chi connectivity index (χ2v) is 2.56. The number of hydrogen-bond acceptors (Lipinski definition) is 4. The zero-order valence-corrected chi connectivity index (χ0v) is 7.83. The third-order valence-electron chi connectivity index (χ3n) is 1.52. The van der Waals surface area contributed by atoms with Crippen LogP contribution in [0.1, 0.15) is 0 Å². The molecule has 6 nitrogen and oxygen atoms in total. The van der Waals surface area contributed by atoms with E-state index in [0.717, 1.165) is 0 Å². The van der Waals surface area contributed by atoms with Crippen molar-refractivity contribution in [2.75, 3.05) is 5.73 Å². The molecule has 0 bridgehead atoms. The third kappa shape index (κ3) is 3.47. The summed E-state index contributed by atoms with van der Waals surface area (Å²) in [6, 6.07) is 7.03. The molecule has 2 aromatic heterocycles. The average molecular weight is 206 g/mol. The molecular weight excluding hydrogens is 196 g/mol. The van der Waals surface area contributed by atoms with Gasteiger partial charge >= 0.3 is 5.69 Å². The molecule has 2 rings (SSSR count). The maximum atomic E-state index is 9.99. The second kappa shape index (κ2) is 5.38. The molecule has 2 heterocycles. The second-order valence-electron chi connectivity index (χ2n) is 2.56. The van der Waals surface area contributed by atoms with Crippen molar-refractivity contribution in [2.45, 2.75) is 0 Å². The van der Waals surface area contributed by atoms with E-state index in [4.69, 9.17) is 5.73 Å². The predicted octanol–water partition coefficient (Wildman–Crippen LogP) is 1.59. The maximum Gasteiger partial charge on any atom is 0.310 e. The van der Waals surface area contributed by atoms with E-state index in [2.05, 4.69) is 9.97 Å². The number of pyridine rings is 1. The molecule has 6 heteroatoms. The van der Waals surface area contributed by atoms with Crippen molar-refractivity contribution >= 4 is 11.5 Å². The van der Waals surface area contributed by atoms with Crippen molar-refractivity contribution < 1.29 is 4.92 Å². The lowest BCUT2D eigenvalue weighted by atomic mass is 10.5. The molecule has 0 radical (unpaired) electrons. The van der Waals surface area contributed by atoms with Crippen LogP contribution in [0.25, 0.3) is 0 Å². The summed E-state index contributed by atoms with van der Waals surface area (Å²) >= 11 is 0. The summed E-state index contributed by atoms with van der Waals surface area (Å²) in [6.45, 7) is 0. The fraction of sp³-hybridized carbons (Fsp3) is 0. The molecule has 3 N–H and O–H groups in total. The molecule has 0 saturated heterocycles. The first kappa shape index (κ1) is 10.7. The van der Waals surface area contributed by atoms with Crippen molar-refractivity contribution in [2.24, 2.45) is 0 Å². The summed E-state index contributed by atoms with van der Waals surface area (Å²) in [5.74, 6) is 0.0972. The number of nitrogens with zero attached hydrogens (tertiary/aromatic N) is 2. The van der Waals surface area contributed by atoms with E-state index in [-0.39, 0.29) is 11.5 Å². The minimum absolute atomic E-state index is 0.0741. The van der Waals surface area contributed by atoms with Gasteiger partial charge in [-0.05, 0) is 12.1 Å². The number of anilines is 1. The minimum atomic E-state index is -0.536. The molecule has 0 spiro atoms. The third-order valence-corrected chi connectivity index (χ3v) is 1.52. The van der Waals surface area contributed by atoms with Crippen molar-refractivity contribution in [1.82, 2.24) is 9.97 Å². The number of nitrogens with one attached hydrogen (secondary N) is 1. The monoisotopic (exact) mass is 206 g/mol. The highest BCUT2D eigenvalue weighted by Crippen LogP contribution is 2.16. The number of nitrogen functional groups attached to an aromatic ring is 1. The highest BCUT2D eigenvalue weighted by molar-refractivity contribution is 5.52. The SMILES string of the molecule is Nc1[nH]ccc1[N+](=O)[O-].c1ccncc1. The molecule has 0 aromatic carbocycles. The van der Waals surface area contributed by atoms with Crippen LogP contribution in [-0.4, -0.2) is 14.9 Å². The zero-order valence-electron chi connectivity index (χ0n) is 7.83. The van der Waals surface area contributed by atoms with Gasteiger partial charge in [-0.2, -0.15) is 0 Å². The van der Waals surface area contributed by atoms with E-state index in [1.54, 1.807) is 12.4 Å². The van der Waals surface area contributed by atoms with Crippen LogP contribution in [0, 0.1) is 10.1 Å². The number of nitrogens with two attached hydrogens (primary N) is 1. The van der Waals surface area contributed by atoms with Gasteiger partial charge in [0.1, 0.15) is 0 Å². The standard InChI is InChI=1S/C5H5N.C4H5N3O2/c1-2-4-6-5-3-1;5-4-3(7(8)9)1-2-6-4/h1-5H;1-2,6H,5H2. The van der Waals surface area contributed by atoms with E-state index in [1.807, 2.05) is 18.2 Å². The molecule has 0 aliphatic heterocycles. The Balaban J connectivity index is 0.000000162. The molecule has 0 amide bonds. The van der Waals surface area contributed by atoms with Crippen molar-refractivity contribution in [1.29, 1.82) is 0 Å². The Morgan fingerprint density at radius 3 is 2.20 bits per heavy atom. The van der Waals surface area contributed by atoms with Crippen LogP contribution in [-0.2, 0) is 0 Å². The number of nitro groups is 1. The van der Waals surface area contributed by atoms with Gasteiger partial charge in [0.2, 0.25) is 0 Å². The number of rotatable bonds is 1. The first-order chi connectivity index (χ1) is 7.22. The molecule has 0 saturated carbocycles. The fourth-order valence-corrected chi connectivity index (χ4v) is 0.846. The van der Waals surface area contributed by atoms with Crippen LogP contribution < -0.4 is 5.73 Å². The highest BCUT2D eigenvalue weighted by atomic mass is 16.6. The minimum Gasteiger partial charge on any atom is -0.380 e. The lowest BCUT2D eigenvalue weighted by molar-refractivity contribution is -0.383. The molecule has 78 valence electrons. The molecular formula is C9H10N4O2. The van der Waals surface area contributed by atoms with E-state index >= 15 is 0 Å². The zero-order chi connectivity index (χ0) is 11.1. The van der Waals surface area contributed by atoms with E-state index in [0.29, 0.717) is 0 Å². The van der Waals surface area contributed by atoms with Gasteiger partial charge in [0.05, 0.1) is 4.92 Å². The van der Waals surface area contributed by atoms with Crippen LogP contribution in [0.15, 0.2) is 42.9 Å². The first-order valence-electron chi connectivity index (χ1n) is 4.14. The lowest BCUT2D eigenvalue weighted by Gasteiger charge is -1.84. The summed E-state index contributed by atoms with van der Waals surface area (Å²) in [5.41, 5.74) is 5.07. The maximum absolute atomic E-state index is 9.99. The predicted molar refractivity (Wildman–Crippen MR) is 56.1 cm³/mol. The normalized spacial score (nSPS) is 8.80. The lowest BCUT2D eigenvalue weighted by Crippen LogP contribution is -1.91. The molecule has 0 aliphatic rings. The summed E-state index contributed by atoms with van der Waals surface area (Å²) in [5, 5.41) is 9.99. The molecule has 0 unspecified atom stereocenters. The van der Waals surface area contributed by atoms with E-state index in [9.17, 15) is 10.1 Å². The van der Waals surface area contributed by atoms with Crippen LogP contribution in [0.2, 0.25) is 0 Å². The Hall–Kier alpha value is -2.37. The van der Waals surface area contributed by atoms with Gasteiger partial charge in [-0.1, -0.05) is 6.07 Å². The Labute approximate surface area is 85.9 Å².